The van der Waals surface area contributed by atoms with Gasteiger partial charge in [-0.3, -0.25) is 14.9 Å². The molecule has 3 atom stereocenters. The number of amides is 3. The fraction of sp³-hybridized carbons (Fsp3) is 0.739. The second-order valence-electron chi connectivity index (χ2n) is 11.1. The van der Waals surface area contributed by atoms with Gasteiger partial charge in [-0.1, -0.05) is 27.7 Å². The molecule has 0 aliphatic carbocycles. The summed E-state index contributed by atoms with van der Waals surface area (Å²) in [6.45, 7) is 17.3. The smallest absolute Gasteiger partial charge is 0.321 e. The van der Waals surface area contributed by atoms with Crippen LogP contribution in [0.15, 0.2) is 10.9 Å². The van der Waals surface area contributed by atoms with Gasteiger partial charge in [0, 0.05) is 24.8 Å². The maximum absolute atomic E-state index is 12.7. The zero-order valence-electron chi connectivity index (χ0n) is 21.3. The van der Waals surface area contributed by atoms with Crippen LogP contribution in [0, 0.1) is 18.3 Å². The average molecular weight is 480 g/mol. The van der Waals surface area contributed by atoms with E-state index < -0.39 is 25.5 Å². The molecule has 4 N–H and O–H groups in total. The van der Waals surface area contributed by atoms with Crippen LogP contribution < -0.4 is 21.5 Å². The third kappa shape index (κ3) is 8.58. The summed E-state index contributed by atoms with van der Waals surface area (Å²) < 4.78 is 6.22. The van der Waals surface area contributed by atoms with E-state index >= 15 is 0 Å². The molecule has 9 nitrogen and oxygen atoms in total. The number of aromatic amines is 1. The third-order valence-electron chi connectivity index (χ3n) is 6.34. The number of nitrogens with zero attached hydrogens (tertiary/aromatic N) is 1. The molecule has 1 aromatic rings. The molecule has 0 bridgehead atoms. The number of anilines is 1. The normalized spacial score (nSPS) is 21.3. The number of urea groups is 1. The van der Waals surface area contributed by atoms with E-state index in [1.165, 1.54) is 6.07 Å². The largest absolute Gasteiger partial charge is 0.403 e. The van der Waals surface area contributed by atoms with Gasteiger partial charge in [-0.2, -0.15) is 4.98 Å². The van der Waals surface area contributed by atoms with Crippen LogP contribution in [0.5, 0.6) is 0 Å². The minimum Gasteiger partial charge on any atom is -0.403 e. The highest BCUT2D eigenvalue weighted by Gasteiger charge is 2.55. The Balaban J connectivity index is 1.71. The first-order chi connectivity index (χ1) is 15.1. The fourth-order valence-electron chi connectivity index (χ4n) is 4.22. The number of aromatic nitrogens is 2. The molecule has 1 aliphatic rings. The number of carbonyl (C=O) groups is 2. The minimum atomic E-state index is -1.68. The van der Waals surface area contributed by atoms with Crippen LogP contribution in [0.2, 0.25) is 18.1 Å². The highest BCUT2D eigenvalue weighted by Crippen LogP contribution is 2.50. The summed E-state index contributed by atoms with van der Waals surface area (Å²) in [6.07, 6.45) is 1.70. The average Bonchev–Trinajstić information content (AvgIpc) is 3.22. The maximum Gasteiger partial charge on any atom is 0.321 e. The number of rotatable bonds is 11. The molecule has 10 heteroatoms. The van der Waals surface area contributed by atoms with Crippen LogP contribution in [0.1, 0.15) is 60.1 Å². The molecular formula is C23H41N5O4Si. The van der Waals surface area contributed by atoms with Crippen LogP contribution in [0.3, 0.4) is 0 Å². The molecule has 1 aromatic heterocycles. The van der Waals surface area contributed by atoms with E-state index in [2.05, 4.69) is 60.2 Å². The van der Waals surface area contributed by atoms with E-state index in [1.807, 2.05) is 13.8 Å². The molecule has 2 rings (SSSR count). The Morgan fingerprint density at radius 2 is 1.94 bits per heavy atom. The highest BCUT2D eigenvalue weighted by atomic mass is 28.4. The van der Waals surface area contributed by atoms with Gasteiger partial charge in [0.15, 0.2) is 8.32 Å². The Morgan fingerprint density at radius 1 is 1.30 bits per heavy atom. The molecule has 0 spiro atoms. The zero-order valence-corrected chi connectivity index (χ0v) is 22.3. The zero-order chi connectivity index (χ0) is 25.0. The standard InChI is InChI=1S/C23H41N5O4Si/c1-15(13-25-21(31)28-20-26-16(2)11-18(29)27-20)12-22(4,5)9-10-24-19(30)23(6,7)32-33(8)14-17(33)3/h11,15,17H,9-10,12-14H2,1-8H3,(H,24,30)(H3,25,26,27,28,29,31). The first-order valence-electron chi connectivity index (χ1n) is 11.7. The Labute approximate surface area is 198 Å². The van der Waals surface area contributed by atoms with Crippen molar-refractivity contribution in [1.82, 2.24) is 20.6 Å². The molecule has 1 fully saturated rings. The van der Waals surface area contributed by atoms with E-state index in [9.17, 15) is 14.4 Å². The fourth-order valence-corrected chi connectivity index (χ4v) is 7.73. The minimum absolute atomic E-state index is 0.00900. The molecule has 1 aliphatic heterocycles. The predicted octanol–water partition coefficient (Wildman–Crippen LogP) is 3.53. The Kier molecular flexibility index (Phi) is 8.50. The van der Waals surface area contributed by atoms with Crippen molar-refractivity contribution >= 4 is 26.2 Å². The lowest BCUT2D eigenvalue weighted by atomic mass is 9.80. The summed E-state index contributed by atoms with van der Waals surface area (Å²) in [4.78, 5) is 42.8. The highest BCUT2D eigenvalue weighted by molar-refractivity contribution is 6.84. The summed E-state index contributed by atoms with van der Waals surface area (Å²) >= 11 is 0. The van der Waals surface area contributed by atoms with Gasteiger partial charge in [-0.05, 0) is 63.1 Å². The van der Waals surface area contributed by atoms with Gasteiger partial charge in [-0.15, -0.1) is 0 Å². The number of aryl methyl sites for hydroxylation is 1. The van der Waals surface area contributed by atoms with Gasteiger partial charge in [-0.25, -0.2) is 4.79 Å². The third-order valence-corrected chi connectivity index (χ3v) is 10.5. The van der Waals surface area contributed by atoms with Crippen LogP contribution in [0.4, 0.5) is 10.7 Å². The van der Waals surface area contributed by atoms with Gasteiger partial charge in [0.25, 0.3) is 11.5 Å². The van der Waals surface area contributed by atoms with E-state index in [0.717, 1.165) is 18.9 Å². The molecule has 1 saturated heterocycles. The predicted molar refractivity (Wildman–Crippen MR) is 133 cm³/mol. The molecule has 0 radical (unpaired) electrons. The monoisotopic (exact) mass is 479 g/mol. The SMILES string of the molecule is Cc1cc(=O)nc(NC(=O)NCC(C)CC(C)(C)CCNC(=O)C(C)(C)O[Si]2(C)CC2C)[nH]1. The lowest BCUT2D eigenvalue weighted by molar-refractivity contribution is -0.134. The number of H-pyrrole nitrogens is 1. The van der Waals surface area contributed by atoms with Gasteiger partial charge < -0.3 is 20.0 Å². The van der Waals surface area contributed by atoms with Crippen molar-refractivity contribution in [2.75, 3.05) is 18.4 Å². The Hall–Kier alpha value is -2.20. The van der Waals surface area contributed by atoms with Crippen molar-refractivity contribution in [3.05, 3.63) is 22.1 Å². The summed E-state index contributed by atoms with van der Waals surface area (Å²) in [7, 11) is -1.68. The Morgan fingerprint density at radius 3 is 2.52 bits per heavy atom. The number of hydrogen-bond acceptors (Lipinski definition) is 5. The van der Waals surface area contributed by atoms with Crippen molar-refractivity contribution < 1.29 is 14.0 Å². The van der Waals surface area contributed by atoms with Crippen molar-refractivity contribution in [2.45, 2.75) is 85.0 Å². The first-order valence-corrected chi connectivity index (χ1v) is 14.4. The summed E-state index contributed by atoms with van der Waals surface area (Å²) in [6, 6.07) is 2.07. The van der Waals surface area contributed by atoms with Crippen LogP contribution >= 0.6 is 0 Å². The Bertz CT molecular complexity index is 916. The lowest BCUT2D eigenvalue weighted by Crippen LogP contribution is -2.48. The number of carbonyl (C=O) groups excluding carboxylic acids is 2. The molecular weight excluding hydrogens is 438 g/mol. The van der Waals surface area contributed by atoms with E-state index in [0.29, 0.717) is 24.3 Å². The summed E-state index contributed by atoms with van der Waals surface area (Å²) in [5.74, 6) is 0.300. The van der Waals surface area contributed by atoms with E-state index in [1.54, 1.807) is 6.92 Å². The van der Waals surface area contributed by atoms with Gasteiger partial charge in [0.1, 0.15) is 5.60 Å². The lowest BCUT2D eigenvalue weighted by Gasteiger charge is -2.31. The maximum atomic E-state index is 12.7. The van der Waals surface area contributed by atoms with Crippen LogP contribution in [-0.4, -0.2) is 48.9 Å². The molecule has 2 heterocycles. The number of hydrogen-bond donors (Lipinski definition) is 4. The second kappa shape index (κ2) is 10.4. The van der Waals surface area contributed by atoms with Crippen LogP contribution in [0.25, 0.3) is 0 Å². The number of nitrogens with one attached hydrogen (secondary N) is 4. The molecule has 0 saturated carbocycles. The molecule has 3 unspecified atom stereocenters. The van der Waals surface area contributed by atoms with Crippen molar-refractivity contribution in [3.8, 4) is 0 Å². The molecule has 0 aromatic carbocycles. The summed E-state index contributed by atoms with van der Waals surface area (Å²) in [5, 5.41) is 8.42. The van der Waals surface area contributed by atoms with E-state index in [4.69, 9.17) is 4.43 Å². The van der Waals surface area contributed by atoms with Crippen LogP contribution in [-0.2, 0) is 9.22 Å². The first kappa shape index (κ1) is 27.0. The van der Waals surface area contributed by atoms with Crippen molar-refractivity contribution in [3.63, 3.8) is 0 Å². The van der Waals surface area contributed by atoms with Gasteiger partial charge >= 0.3 is 6.03 Å². The van der Waals surface area contributed by atoms with E-state index in [-0.39, 0.29) is 23.2 Å². The molecule has 186 valence electrons. The molecule has 3 amide bonds. The van der Waals surface area contributed by atoms with Gasteiger partial charge in [0.2, 0.25) is 5.95 Å². The van der Waals surface area contributed by atoms with Crippen molar-refractivity contribution in [2.24, 2.45) is 11.3 Å². The quantitative estimate of drug-likeness (QED) is 0.361. The summed E-state index contributed by atoms with van der Waals surface area (Å²) in [5.41, 5.74) is 0.0379. The van der Waals surface area contributed by atoms with Gasteiger partial charge in [0.05, 0.1) is 0 Å². The molecule has 33 heavy (non-hydrogen) atoms. The second-order valence-corrected chi connectivity index (χ2v) is 15.3. The van der Waals surface area contributed by atoms with Crippen molar-refractivity contribution in [1.29, 1.82) is 0 Å². The topological polar surface area (TPSA) is 125 Å².